The molecule has 4 aromatic carbocycles. The molecule has 0 aromatic heterocycles. The number of fused-ring (bicyclic) bond motifs is 1. The van der Waals surface area contributed by atoms with E-state index in [0.29, 0.717) is 15.6 Å². The van der Waals surface area contributed by atoms with Gasteiger partial charge < -0.3 is 4.74 Å². The van der Waals surface area contributed by atoms with Crippen molar-refractivity contribution in [2.75, 3.05) is 4.90 Å². The van der Waals surface area contributed by atoms with Crippen LogP contribution in [0.25, 0.3) is 0 Å². The van der Waals surface area contributed by atoms with Gasteiger partial charge in [0.05, 0.1) is 17.0 Å². The van der Waals surface area contributed by atoms with Gasteiger partial charge in [0, 0.05) is 26.7 Å². The predicted molar refractivity (Wildman–Crippen MR) is 142 cm³/mol. The maximum Gasteiger partial charge on any atom is 0.340 e. The summed E-state index contributed by atoms with van der Waals surface area (Å²) in [4.78, 5) is 45.8. The molecule has 0 saturated heterocycles. The van der Waals surface area contributed by atoms with Crippen LogP contribution in [-0.2, 0) is 9.53 Å². The monoisotopic (exact) mass is 546 g/mol. The smallest absolute Gasteiger partial charge is 0.340 e. The van der Waals surface area contributed by atoms with Crippen LogP contribution in [0.1, 0.15) is 31.8 Å². The third-order valence-electron chi connectivity index (χ3n) is 5.80. The van der Waals surface area contributed by atoms with E-state index >= 15 is 0 Å². The van der Waals surface area contributed by atoms with Gasteiger partial charge >= 0.3 is 5.97 Å². The molecule has 9 heteroatoms. The van der Waals surface area contributed by atoms with Gasteiger partial charge in [0.1, 0.15) is 5.82 Å². The summed E-state index contributed by atoms with van der Waals surface area (Å²) in [6.45, 7) is 0. The van der Waals surface area contributed by atoms with Crippen molar-refractivity contribution in [3.63, 3.8) is 0 Å². The molecule has 1 atom stereocenters. The highest BCUT2D eigenvalue weighted by atomic mass is 35.5. The standard InChI is InChI=1S/C29H17Cl2FN2O4/c30-19-13-9-17(10-14-19)27(35)34-24-8-4-2-6-22(24)25(21-5-1-3-7-23(21)32)33-26(28(34)36)38-29(37)18-11-15-20(31)16-12-18/h1-16,26H. The van der Waals surface area contributed by atoms with Crippen LogP contribution in [-0.4, -0.2) is 29.7 Å². The molecular formula is C29H17Cl2FN2O4. The molecule has 1 aliphatic rings. The Morgan fingerprint density at radius 2 is 1.32 bits per heavy atom. The largest absolute Gasteiger partial charge is 0.426 e. The van der Waals surface area contributed by atoms with E-state index in [1.165, 1.54) is 66.7 Å². The van der Waals surface area contributed by atoms with Gasteiger partial charge in [0.2, 0.25) is 0 Å². The van der Waals surface area contributed by atoms with E-state index in [0.717, 1.165) is 4.90 Å². The number of carbonyl (C=O) groups is 3. The van der Waals surface area contributed by atoms with Gasteiger partial charge in [-0.05, 0) is 66.7 Å². The number of rotatable bonds is 4. The first-order valence-electron chi connectivity index (χ1n) is 11.4. The van der Waals surface area contributed by atoms with Gasteiger partial charge in [-0.25, -0.2) is 19.1 Å². The summed E-state index contributed by atoms with van der Waals surface area (Å²) in [5.41, 5.74) is 0.855. The Bertz CT molecular complexity index is 1590. The molecule has 4 aromatic rings. The summed E-state index contributed by atoms with van der Waals surface area (Å²) < 4.78 is 20.5. The van der Waals surface area contributed by atoms with Crippen molar-refractivity contribution in [1.29, 1.82) is 0 Å². The van der Waals surface area contributed by atoms with Crippen molar-refractivity contribution in [2.24, 2.45) is 4.99 Å². The number of anilines is 1. The number of benzodiazepines with no additional fused rings is 1. The van der Waals surface area contributed by atoms with Crippen molar-refractivity contribution < 1.29 is 23.5 Å². The molecule has 2 amide bonds. The molecule has 0 aliphatic carbocycles. The van der Waals surface area contributed by atoms with Gasteiger partial charge in [0.15, 0.2) is 0 Å². The maximum atomic E-state index is 15.0. The van der Waals surface area contributed by atoms with Crippen molar-refractivity contribution in [2.45, 2.75) is 6.23 Å². The van der Waals surface area contributed by atoms with Crippen LogP contribution in [0.15, 0.2) is 102 Å². The first kappa shape index (κ1) is 25.3. The third kappa shape index (κ3) is 4.94. The zero-order valence-electron chi connectivity index (χ0n) is 19.5. The number of carbonyl (C=O) groups excluding carboxylic acids is 3. The number of nitrogens with zero attached hydrogens (tertiary/aromatic N) is 2. The summed E-state index contributed by atoms with van der Waals surface area (Å²) >= 11 is 11.9. The molecule has 5 rings (SSSR count). The molecule has 0 spiro atoms. The molecule has 1 aliphatic heterocycles. The van der Waals surface area contributed by atoms with Gasteiger partial charge in [-0.2, -0.15) is 0 Å². The minimum atomic E-state index is -1.79. The number of hydrogen-bond acceptors (Lipinski definition) is 5. The highest BCUT2D eigenvalue weighted by molar-refractivity contribution is 6.31. The van der Waals surface area contributed by atoms with E-state index in [9.17, 15) is 18.8 Å². The van der Waals surface area contributed by atoms with Crippen LogP contribution in [0, 0.1) is 5.82 Å². The number of halogens is 3. The van der Waals surface area contributed by atoms with Crippen molar-refractivity contribution in [1.82, 2.24) is 0 Å². The van der Waals surface area contributed by atoms with Gasteiger partial charge in [0.25, 0.3) is 18.0 Å². The highest BCUT2D eigenvalue weighted by Gasteiger charge is 2.38. The Kier molecular flexibility index (Phi) is 7.05. The van der Waals surface area contributed by atoms with E-state index in [2.05, 4.69) is 4.99 Å². The Balaban J connectivity index is 1.66. The lowest BCUT2D eigenvalue weighted by atomic mass is 9.99. The van der Waals surface area contributed by atoms with Crippen LogP contribution >= 0.6 is 23.2 Å². The lowest BCUT2D eigenvalue weighted by molar-refractivity contribution is -0.126. The molecule has 1 heterocycles. The summed E-state index contributed by atoms with van der Waals surface area (Å²) in [6, 6.07) is 24.1. The summed E-state index contributed by atoms with van der Waals surface area (Å²) in [5, 5.41) is 0.811. The van der Waals surface area contributed by atoms with Gasteiger partial charge in [-0.3, -0.25) is 9.59 Å². The fourth-order valence-electron chi connectivity index (χ4n) is 3.97. The minimum absolute atomic E-state index is 0.0485. The topological polar surface area (TPSA) is 76.0 Å². The molecule has 0 N–H and O–H groups in total. The van der Waals surface area contributed by atoms with Crippen LogP contribution in [0.5, 0.6) is 0 Å². The number of aliphatic imine (C=N–C) groups is 1. The second kappa shape index (κ2) is 10.6. The molecule has 0 bridgehead atoms. The lowest BCUT2D eigenvalue weighted by Crippen LogP contribution is -2.44. The first-order valence-corrected chi connectivity index (χ1v) is 12.1. The van der Waals surface area contributed by atoms with E-state index in [4.69, 9.17) is 27.9 Å². The van der Waals surface area contributed by atoms with Crippen LogP contribution in [0.4, 0.5) is 10.1 Å². The molecule has 0 saturated carbocycles. The van der Waals surface area contributed by atoms with Crippen LogP contribution in [0.2, 0.25) is 10.0 Å². The van der Waals surface area contributed by atoms with Crippen molar-refractivity contribution >= 4 is 52.4 Å². The number of hydrogen-bond donors (Lipinski definition) is 0. The highest BCUT2D eigenvalue weighted by Crippen LogP contribution is 2.31. The molecule has 0 fully saturated rings. The molecule has 38 heavy (non-hydrogen) atoms. The van der Waals surface area contributed by atoms with E-state index in [1.54, 1.807) is 30.3 Å². The number of esters is 1. The zero-order chi connectivity index (χ0) is 26.8. The molecular weight excluding hydrogens is 530 g/mol. The first-order chi connectivity index (χ1) is 18.3. The molecule has 6 nitrogen and oxygen atoms in total. The van der Waals surface area contributed by atoms with Crippen LogP contribution in [0.3, 0.4) is 0 Å². The predicted octanol–water partition coefficient (Wildman–Crippen LogP) is 6.34. The second-order valence-electron chi connectivity index (χ2n) is 8.22. The number of amides is 2. The number of benzene rings is 4. The Morgan fingerprint density at radius 3 is 1.95 bits per heavy atom. The van der Waals surface area contributed by atoms with Crippen LogP contribution < -0.4 is 4.90 Å². The maximum absolute atomic E-state index is 15.0. The summed E-state index contributed by atoms with van der Waals surface area (Å²) in [6.07, 6.45) is -1.79. The molecule has 1 unspecified atom stereocenters. The average Bonchev–Trinajstić information content (AvgIpc) is 3.04. The fourth-order valence-corrected chi connectivity index (χ4v) is 4.22. The number of ether oxygens (including phenoxy) is 1. The van der Waals surface area contributed by atoms with E-state index < -0.39 is 29.8 Å². The Labute approximate surface area is 226 Å². The van der Waals surface area contributed by atoms with E-state index in [-0.39, 0.29) is 28.1 Å². The Morgan fingerprint density at radius 1 is 0.763 bits per heavy atom. The van der Waals surface area contributed by atoms with Crippen molar-refractivity contribution in [3.8, 4) is 0 Å². The fraction of sp³-hybridized carbons (Fsp3) is 0.0345. The number of imide groups is 1. The second-order valence-corrected chi connectivity index (χ2v) is 9.10. The summed E-state index contributed by atoms with van der Waals surface area (Å²) in [7, 11) is 0. The van der Waals surface area contributed by atoms with E-state index in [1.807, 2.05) is 0 Å². The number of para-hydroxylation sites is 1. The molecule has 0 radical (unpaired) electrons. The van der Waals surface area contributed by atoms with Gasteiger partial charge in [-0.15, -0.1) is 0 Å². The quantitative estimate of drug-likeness (QED) is 0.221. The summed E-state index contributed by atoms with van der Waals surface area (Å²) in [5.74, 6) is -3.10. The van der Waals surface area contributed by atoms with Gasteiger partial charge in [-0.1, -0.05) is 53.5 Å². The Hall–Kier alpha value is -4.33. The lowest BCUT2D eigenvalue weighted by Gasteiger charge is -2.23. The van der Waals surface area contributed by atoms with Crippen molar-refractivity contribution in [3.05, 3.63) is 135 Å². The molecule has 188 valence electrons. The SMILES string of the molecule is O=C(OC1N=C(c2ccccc2F)c2ccccc2N(C(=O)c2ccc(Cl)cc2)C1=O)c1ccc(Cl)cc1. The minimum Gasteiger partial charge on any atom is -0.426 e. The third-order valence-corrected chi connectivity index (χ3v) is 6.30. The normalized spacial score (nSPS) is 14.8. The zero-order valence-corrected chi connectivity index (χ0v) is 21.0. The average molecular weight is 547 g/mol.